The summed E-state index contributed by atoms with van der Waals surface area (Å²) in [6.07, 6.45) is 8.61. The number of carboxylic acid groups (broad SMARTS) is 1. The molecule has 18 heavy (non-hydrogen) atoms. The first kappa shape index (κ1) is 11.8. The van der Waals surface area contributed by atoms with Crippen LogP contribution in [0.5, 0.6) is 0 Å². The van der Waals surface area contributed by atoms with Gasteiger partial charge in [-0.1, -0.05) is 12.1 Å². The lowest BCUT2D eigenvalue weighted by Gasteiger charge is -2.28. The molecule has 0 saturated carbocycles. The SMILES string of the molecule is O=C(O)CC1CCCc2cc3c(cc21)CCCC3. The van der Waals surface area contributed by atoms with Crippen molar-refractivity contribution in [3.63, 3.8) is 0 Å². The molecule has 96 valence electrons. The standard InChI is InChI=1S/C16H20O2/c17-16(18)10-14-7-3-6-13-8-11-4-1-2-5-12(11)9-15(13)14/h8-9,14H,1-7,10H2,(H,17,18). The molecule has 0 bridgehead atoms. The van der Waals surface area contributed by atoms with Crippen molar-refractivity contribution in [2.24, 2.45) is 0 Å². The van der Waals surface area contributed by atoms with Crippen molar-refractivity contribution >= 4 is 5.97 Å². The Hall–Kier alpha value is -1.31. The van der Waals surface area contributed by atoms with Gasteiger partial charge in [0.25, 0.3) is 0 Å². The lowest BCUT2D eigenvalue weighted by atomic mass is 9.77. The second-order valence-corrected chi connectivity index (χ2v) is 5.71. The second kappa shape index (κ2) is 4.75. The van der Waals surface area contributed by atoms with Gasteiger partial charge in [0.05, 0.1) is 6.42 Å². The van der Waals surface area contributed by atoms with Crippen molar-refractivity contribution in [1.82, 2.24) is 0 Å². The van der Waals surface area contributed by atoms with E-state index in [0.717, 1.165) is 19.3 Å². The molecule has 2 heteroatoms. The Morgan fingerprint density at radius 3 is 2.44 bits per heavy atom. The van der Waals surface area contributed by atoms with E-state index in [1.165, 1.54) is 47.9 Å². The van der Waals surface area contributed by atoms with Gasteiger partial charge >= 0.3 is 5.97 Å². The number of aliphatic carboxylic acids is 1. The van der Waals surface area contributed by atoms with Crippen molar-refractivity contribution in [3.8, 4) is 0 Å². The highest BCUT2D eigenvalue weighted by atomic mass is 16.4. The zero-order valence-electron chi connectivity index (χ0n) is 10.7. The molecule has 0 spiro atoms. The maximum atomic E-state index is 11.0. The van der Waals surface area contributed by atoms with Gasteiger partial charge in [-0.05, 0) is 73.1 Å². The van der Waals surface area contributed by atoms with Crippen LogP contribution in [0.3, 0.4) is 0 Å². The highest BCUT2D eigenvalue weighted by molar-refractivity contribution is 5.68. The highest BCUT2D eigenvalue weighted by Crippen LogP contribution is 2.37. The van der Waals surface area contributed by atoms with Gasteiger partial charge < -0.3 is 5.11 Å². The van der Waals surface area contributed by atoms with E-state index in [1.54, 1.807) is 0 Å². The minimum atomic E-state index is -0.662. The van der Waals surface area contributed by atoms with Crippen molar-refractivity contribution in [2.75, 3.05) is 0 Å². The lowest BCUT2D eigenvalue weighted by molar-refractivity contribution is -0.137. The quantitative estimate of drug-likeness (QED) is 0.865. The number of fused-ring (bicyclic) bond motifs is 2. The van der Waals surface area contributed by atoms with E-state index < -0.39 is 5.97 Å². The highest BCUT2D eigenvalue weighted by Gasteiger charge is 2.24. The first-order chi connectivity index (χ1) is 8.74. The monoisotopic (exact) mass is 244 g/mol. The number of rotatable bonds is 2. The van der Waals surface area contributed by atoms with E-state index in [0.29, 0.717) is 6.42 Å². The molecule has 0 radical (unpaired) electrons. The molecule has 2 nitrogen and oxygen atoms in total. The first-order valence-corrected chi connectivity index (χ1v) is 7.10. The van der Waals surface area contributed by atoms with E-state index in [2.05, 4.69) is 12.1 Å². The van der Waals surface area contributed by atoms with E-state index in [1.807, 2.05) is 0 Å². The van der Waals surface area contributed by atoms with Crippen molar-refractivity contribution < 1.29 is 9.90 Å². The van der Waals surface area contributed by atoms with Crippen LogP contribution in [0.4, 0.5) is 0 Å². The van der Waals surface area contributed by atoms with Gasteiger partial charge in [0.2, 0.25) is 0 Å². The largest absolute Gasteiger partial charge is 0.481 e. The maximum absolute atomic E-state index is 11.0. The van der Waals surface area contributed by atoms with Crippen LogP contribution in [0.1, 0.15) is 60.3 Å². The molecule has 1 aromatic rings. The average Bonchev–Trinajstić information content (AvgIpc) is 2.36. The molecule has 1 unspecified atom stereocenters. The Morgan fingerprint density at radius 1 is 1.06 bits per heavy atom. The van der Waals surface area contributed by atoms with Crippen LogP contribution in [0, 0.1) is 0 Å². The predicted molar refractivity (Wildman–Crippen MR) is 71.0 cm³/mol. The number of carbonyl (C=O) groups is 1. The smallest absolute Gasteiger partial charge is 0.303 e. The molecule has 1 N–H and O–H groups in total. The summed E-state index contributed by atoms with van der Waals surface area (Å²) in [7, 11) is 0. The molecular formula is C16H20O2. The summed E-state index contributed by atoms with van der Waals surface area (Å²) in [6.45, 7) is 0. The lowest BCUT2D eigenvalue weighted by Crippen LogP contribution is -2.16. The van der Waals surface area contributed by atoms with E-state index in [-0.39, 0.29) is 5.92 Å². The van der Waals surface area contributed by atoms with Crippen molar-refractivity contribution in [2.45, 2.75) is 57.3 Å². The van der Waals surface area contributed by atoms with Gasteiger partial charge in [-0.25, -0.2) is 0 Å². The van der Waals surface area contributed by atoms with Crippen molar-refractivity contribution in [1.29, 1.82) is 0 Å². The predicted octanol–water partition coefficient (Wildman–Crippen LogP) is 3.46. The van der Waals surface area contributed by atoms with E-state index >= 15 is 0 Å². The van der Waals surface area contributed by atoms with E-state index in [9.17, 15) is 4.79 Å². The Morgan fingerprint density at radius 2 is 1.72 bits per heavy atom. The fourth-order valence-electron chi connectivity index (χ4n) is 3.57. The molecule has 0 aliphatic heterocycles. The molecule has 0 aromatic heterocycles. The van der Waals surface area contributed by atoms with Crippen LogP contribution in [0.2, 0.25) is 0 Å². The molecule has 2 aliphatic carbocycles. The van der Waals surface area contributed by atoms with Crippen LogP contribution in [-0.2, 0) is 24.1 Å². The fourth-order valence-corrected chi connectivity index (χ4v) is 3.57. The molecule has 2 aliphatic rings. The summed E-state index contributed by atoms with van der Waals surface area (Å²) in [6, 6.07) is 4.70. The average molecular weight is 244 g/mol. The first-order valence-electron chi connectivity index (χ1n) is 7.10. The summed E-state index contributed by atoms with van der Waals surface area (Å²) < 4.78 is 0. The van der Waals surface area contributed by atoms with Crippen molar-refractivity contribution in [3.05, 3.63) is 34.4 Å². The molecule has 0 saturated heterocycles. The van der Waals surface area contributed by atoms with Gasteiger partial charge in [-0.2, -0.15) is 0 Å². The minimum Gasteiger partial charge on any atom is -0.481 e. The summed E-state index contributed by atoms with van der Waals surface area (Å²) in [5.41, 5.74) is 5.77. The number of hydrogen-bond donors (Lipinski definition) is 1. The topological polar surface area (TPSA) is 37.3 Å². The summed E-state index contributed by atoms with van der Waals surface area (Å²) >= 11 is 0. The zero-order valence-corrected chi connectivity index (χ0v) is 10.7. The van der Waals surface area contributed by atoms with Crippen LogP contribution in [0.15, 0.2) is 12.1 Å². The maximum Gasteiger partial charge on any atom is 0.303 e. The molecule has 1 atom stereocenters. The second-order valence-electron chi connectivity index (χ2n) is 5.71. The van der Waals surface area contributed by atoms with Gasteiger partial charge in [-0.15, -0.1) is 0 Å². The molecule has 3 rings (SSSR count). The Balaban J connectivity index is 1.98. The van der Waals surface area contributed by atoms with Crippen LogP contribution in [0.25, 0.3) is 0 Å². The third-order valence-corrected chi connectivity index (χ3v) is 4.46. The van der Waals surface area contributed by atoms with Gasteiger partial charge in [0.1, 0.15) is 0 Å². The fraction of sp³-hybridized carbons (Fsp3) is 0.562. The normalized spacial score (nSPS) is 22.1. The summed E-state index contributed by atoms with van der Waals surface area (Å²) in [4.78, 5) is 11.0. The molecule has 0 amide bonds. The van der Waals surface area contributed by atoms with Crippen LogP contribution in [-0.4, -0.2) is 11.1 Å². The van der Waals surface area contributed by atoms with Gasteiger partial charge in [0.15, 0.2) is 0 Å². The number of carboxylic acids is 1. The number of aryl methyl sites for hydroxylation is 3. The third kappa shape index (κ3) is 2.16. The Bertz CT molecular complexity index is 476. The van der Waals surface area contributed by atoms with Crippen LogP contribution >= 0.6 is 0 Å². The molecule has 1 aromatic carbocycles. The molecule has 0 fully saturated rings. The molecule has 0 heterocycles. The van der Waals surface area contributed by atoms with Gasteiger partial charge in [0, 0.05) is 0 Å². The minimum absolute atomic E-state index is 0.249. The zero-order chi connectivity index (χ0) is 12.5. The summed E-state index contributed by atoms with van der Waals surface area (Å²) in [5.74, 6) is -0.413. The molecular weight excluding hydrogens is 224 g/mol. The number of benzene rings is 1. The summed E-state index contributed by atoms with van der Waals surface area (Å²) in [5, 5.41) is 9.03. The third-order valence-electron chi connectivity index (χ3n) is 4.46. The Labute approximate surface area is 108 Å². The Kier molecular flexibility index (Phi) is 3.11. The van der Waals surface area contributed by atoms with Gasteiger partial charge in [-0.3, -0.25) is 4.79 Å². The number of hydrogen-bond acceptors (Lipinski definition) is 1. The van der Waals surface area contributed by atoms with Crippen LogP contribution < -0.4 is 0 Å². The van der Waals surface area contributed by atoms with E-state index in [4.69, 9.17) is 5.11 Å².